The van der Waals surface area contributed by atoms with Crippen molar-refractivity contribution in [2.75, 3.05) is 10.9 Å². The van der Waals surface area contributed by atoms with Gasteiger partial charge in [0.05, 0.1) is 5.69 Å². The minimum atomic E-state index is 0.326. The number of nitrogens with two attached hydrogens (primary N) is 2. The highest BCUT2D eigenvalue weighted by Crippen LogP contribution is 2.20. The number of carbonyl (C=O) groups excluding carboxylic acids is 1. The number of para-hydroxylation sites is 2. The molecule has 2 aromatic rings. The maximum absolute atomic E-state index is 10.4. The fraction of sp³-hybridized carbons (Fsp3) is 0.133. The summed E-state index contributed by atoms with van der Waals surface area (Å²) in [5, 5.41) is 1.16. The number of rotatable bonds is 6. The van der Waals surface area contributed by atoms with E-state index in [1.165, 1.54) is 0 Å². The molecule has 2 aromatic carbocycles. The molecule has 0 bridgehead atoms. The standard InChI is InChI=1S/C15H17N3O2/c16-14-3-1-2-4-15(14)18(17)20-11-13-7-5-12(6-8-13)9-10-19/h1-8,10H,9,11,16-17H2. The smallest absolute Gasteiger partial charge is 0.124 e. The second-order valence-corrected chi connectivity index (χ2v) is 4.35. The maximum Gasteiger partial charge on any atom is 0.124 e. The Labute approximate surface area is 117 Å². The van der Waals surface area contributed by atoms with Crippen LogP contribution >= 0.6 is 0 Å². The Bertz CT molecular complexity index is 570. The molecule has 0 aliphatic rings. The van der Waals surface area contributed by atoms with Gasteiger partial charge in [-0.2, -0.15) is 5.17 Å². The fourth-order valence-electron chi connectivity index (χ4n) is 1.77. The van der Waals surface area contributed by atoms with Crippen LogP contribution < -0.4 is 16.7 Å². The van der Waals surface area contributed by atoms with E-state index < -0.39 is 0 Å². The van der Waals surface area contributed by atoms with Crippen LogP contribution in [0.15, 0.2) is 48.5 Å². The van der Waals surface area contributed by atoms with Crippen LogP contribution in [-0.2, 0) is 22.7 Å². The maximum atomic E-state index is 10.4. The lowest BCUT2D eigenvalue weighted by molar-refractivity contribution is -0.107. The molecule has 20 heavy (non-hydrogen) atoms. The molecule has 0 aromatic heterocycles. The summed E-state index contributed by atoms with van der Waals surface area (Å²) < 4.78 is 0. The summed E-state index contributed by atoms with van der Waals surface area (Å²) >= 11 is 0. The van der Waals surface area contributed by atoms with Crippen molar-refractivity contribution in [3.63, 3.8) is 0 Å². The first-order valence-electron chi connectivity index (χ1n) is 6.24. The summed E-state index contributed by atoms with van der Waals surface area (Å²) in [6, 6.07) is 14.8. The summed E-state index contributed by atoms with van der Waals surface area (Å²) in [5.74, 6) is 5.81. The van der Waals surface area contributed by atoms with E-state index >= 15 is 0 Å². The number of aldehydes is 1. The second kappa shape index (κ2) is 6.70. The van der Waals surface area contributed by atoms with Crippen molar-refractivity contribution in [1.82, 2.24) is 0 Å². The molecule has 0 unspecified atom stereocenters. The van der Waals surface area contributed by atoms with E-state index in [-0.39, 0.29) is 0 Å². The predicted octanol–water partition coefficient (Wildman–Crippen LogP) is 1.82. The lowest BCUT2D eigenvalue weighted by Crippen LogP contribution is -2.31. The molecule has 0 aliphatic heterocycles. The zero-order chi connectivity index (χ0) is 14.4. The molecule has 0 fully saturated rings. The zero-order valence-electron chi connectivity index (χ0n) is 11.0. The SMILES string of the molecule is Nc1ccccc1N(N)OCc1ccc(CC=O)cc1. The average molecular weight is 271 g/mol. The number of hydrogen-bond acceptors (Lipinski definition) is 5. The third-order valence-corrected chi connectivity index (χ3v) is 2.89. The first-order valence-corrected chi connectivity index (χ1v) is 6.24. The molecular weight excluding hydrogens is 254 g/mol. The molecule has 0 saturated carbocycles. The molecular formula is C15H17N3O2. The number of hydrogen-bond donors (Lipinski definition) is 2. The van der Waals surface area contributed by atoms with E-state index in [0.29, 0.717) is 24.4 Å². The largest absolute Gasteiger partial charge is 0.397 e. The third-order valence-electron chi connectivity index (χ3n) is 2.89. The van der Waals surface area contributed by atoms with Gasteiger partial charge in [0, 0.05) is 6.42 Å². The van der Waals surface area contributed by atoms with E-state index in [9.17, 15) is 4.79 Å². The van der Waals surface area contributed by atoms with E-state index in [1.807, 2.05) is 36.4 Å². The Morgan fingerprint density at radius 3 is 2.35 bits per heavy atom. The molecule has 4 N–H and O–H groups in total. The number of nitrogen functional groups attached to an aromatic ring is 1. The lowest BCUT2D eigenvalue weighted by Gasteiger charge is -2.19. The Morgan fingerprint density at radius 1 is 1.05 bits per heavy atom. The Kier molecular flexibility index (Phi) is 4.70. The molecule has 0 saturated heterocycles. The molecule has 0 heterocycles. The van der Waals surface area contributed by atoms with Gasteiger partial charge in [-0.05, 0) is 23.3 Å². The van der Waals surface area contributed by atoms with Crippen molar-refractivity contribution in [1.29, 1.82) is 0 Å². The van der Waals surface area contributed by atoms with Gasteiger partial charge in [-0.15, -0.1) is 0 Å². The van der Waals surface area contributed by atoms with Crippen LogP contribution in [0.3, 0.4) is 0 Å². The van der Waals surface area contributed by atoms with Gasteiger partial charge >= 0.3 is 0 Å². The Balaban J connectivity index is 1.94. The van der Waals surface area contributed by atoms with Gasteiger partial charge in [-0.25, -0.2) is 5.84 Å². The van der Waals surface area contributed by atoms with Gasteiger partial charge in [0.1, 0.15) is 18.6 Å². The first kappa shape index (κ1) is 14.0. The summed E-state index contributed by atoms with van der Waals surface area (Å²) in [4.78, 5) is 15.9. The molecule has 104 valence electrons. The van der Waals surface area contributed by atoms with Crippen molar-refractivity contribution in [3.05, 3.63) is 59.7 Å². The summed E-state index contributed by atoms with van der Waals surface area (Å²) in [7, 11) is 0. The fourth-order valence-corrected chi connectivity index (χ4v) is 1.77. The Hall–Kier alpha value is -2.37. The number of hydrazine groups is 1. The number of benzene rings is 2. The highest BCUT2D eigenvalue weighted by atomic mass is 16.7. The number of nitrogens with zero attached hydrogens (tertiary/aromatic N) is 1. The van der Waals surface area contributed by atoms with Gasteiger partial charge < -0.3 is 10.5 Å². The van der Waals surface area contributed by atoms with Crippen molar-refractivity contribution in [2.24, 2.45) is 5.84 Å². The van der Waals surface area contributed by atoms with Gasteiger partial charge in [-0.3, -0.25) is 4.84 Å². The van der Waals surface area contributed by atoms with Gasteiger partial charge in [0.2, 0.25) is 0 Å². The Morgan fingerprint density at radius 2 is 1.70 bits per heavy atom. The van der Waals surface area contributed by atoms with E-state index in [1.54, 1.807) is 12.1 Å². The molecule has 0 radical (unpaired) electrons. The lowest BCUT2D eigenvalue weighted by atomic mass is 10.1. The van der Waals surface area contributed by atoms with Crippen molar-refractivity contribution in [2.45, 2.75) is 13.0 Å². The first-order chi connectivity index (χ1) is 9.70. The number of carbonyl (C=O) groups is 1. The third kappa shape index (κ3) is 3.57. The van der Waals surface area contributed by atoms with Crippen LogP contribution in [0.4, 0.5) is 11.4 Å². The highest BCUT2D eigenvalue weighted by molar-refractivity contribution is 5.65. The molecule has 2 rings (SSSR count). The zero-order valence-corrected chi connectivity index (χ0v) is 11.0. The van der Waals surface area contributed by atoms with Crippen molar-refractivity contribution in [3.8, 4) is 0 Å². The minimum absolute atomic E-state index is 0.326. The molecule has 5 nitrogen and oxygen atoms in total. The highest BCUT2D eigenvalue weighted by Gasteiger charge is 2.06. The summed E-state index contributed by atoms with van der Waals surface area (Å²) in [6.45, 7) is 0.326. The van der Waals surface area contributed by atoms with Crippen LogP contribution in [0.5, 0.6) is 0 Å². The predicted molar refractivity (Wildman–Crippen MR) is 78.5 cm³/mol. The van der Waals surface area contributed by atoms with Crippen LogP contribution in [0.1, 0.15) is 11.1 Å². The van der Waals surface area contributed by atoms with Crippen LogP contribution in [0.25, 0.3) is 0 Å². The topological polar surface area (TPSA) is 81.6 Å². The van der Waals surface area contributed by atoms with E-state index in [4.69, 9.17) is 16.4 Å². The molecule has 0 atom stereocenters. The van der Waals surface area contributed by atoms with E-state index in [0.717, 1.165) is 22.6 Å². The van der Waals surface area contributed by atoms with Crippen molar-refractivity contribution < 1.29 is 9.63 Å². The van der Waals surface area contributed by atoms with Gasteiger partial charge in [0.15, 0.2) is 0 Å². The molecule has 0 spiro atoms. The van der Waals surface area contributed by atoms with Crippen LogP contribution in [0, 0.1) is 0 Å². The van der Waals surface area contributed by atoms with Crippen LogP contribution in [-0.4, -0.2) is 6.29 Å². The molecule has 0 aliphatic carbocycles. The van der Waals surface area contributed by atoms with Gasteiger partial charge in [0.25, 0.3) is 0 Å². The van der Waals surface area contributed by atoms with Crippen molar-refractivity contribution >= 4 is 17.7 Å². The summed E-state index contributed by atoms with van der Waals surface area (Å²) in [5.41, 5.74) is 8.91. The van der Waals surface area contributed by atoms with E-state index in [2.05, 4.69) is 0 Å². The van der Waals surface area contributed by atoms with Gasteiger partial charge in [-0.1, -0.05) is 36.4 Å². The average Bonchev–Trinajstić information content (AvgIpc) is 2.47. The molecule has 5 heteroatoms. The molecule has 0 amide bonds. The normalized spacial score (nSPS) is 10.2. The number of anilines is 2. The quantitative estimate of drug-likeness (QED) is 0.362. The monoisotopic (exact) mass is 271 g/mol. The summed E-state index contributed by atoms with van der Waals surface area (Å²) in [6.07, 6.45) is 1.30. The minimum Gasteiger partial charge on any atom is -0.397 e. The van der Waals surface area contributed by atoms with Crippen LogP contribution in [0.2, 0.25) is 0 Å². The second-order valence-electron chi connectivity index (χ2n) is 4.35.